The number of aromatic nitrogens is 2. The summed E-state index contributed by atoms with van der Waals surface area (Å²) in [6, 6.07) is 6.38. The predicted octanol–water partition coefficient (Wildman–Crippen LogP) is 1.63. The van der Waals surface area contributed by atoms with E-state index in [9.17, 15) is 18.0 Å². The first-order chi connectivity index (χ1) is 8.80. The van der Waals surface area contributed by atoms with E-state index in [0.29, 0.717) is 5.52 Å². The molecule has 1 atom stereocenters. The molecule has 0 fully saturated rings. The molecule has 0 spiro atoms. The lowest BCUT2D eigenvalue weighted by Crippen LogP contribution is -2.37. The Bertz CT molecular complexity index is 664. The molecule has 0 bridgehead atoms. The average Bonchev–Trinajstić information content (AvgIpc) is 2.33. The molecule has 0 amide bonds. The summed E-state index contributed by atoms with van der Waals surface area (Å²) in [7, 11) is 0. The van der Waals surface area contributed by atoms with Crippen molar-refractivity contribution in [3.8, 4) is 0 Å². The second-order valence-electron chi connectivity index (χ2n) is 4.15. The van der Waals surface area contributed by atoms with Crippen molar-refractivity contribution in [1.29, 1.82) is 0 Å². The molecule has 1 heterocycles. The van der Waals surface area contributed by atoms with E-state index in [1.54, 1.807) is 18.2 Å². The smallest absolute Gasteiger partial charge is 0.382 e. The zero-order chi connectivity index (χ0) is 14.2. The maximum atomic E-state index is 12.3. The largest absolute Gasteiger partial charge is 0.416 e. The van der Waals surface area contributed by atoms with E-state index >= 15 is 0 Å². The van der Waals surface area contributed by atoms with Crippen molar-refractivity contribution < 1.29 is 18.3 Å². The van der Waals surface area contributed by atoms with Gasteiger partial charge < -0.3 is 5.11 Å². The van der Waals surface area contributed by atoms with E-state index < -0.39 is 24.4 Å². The molecule has 19 heavy (non-hydrogen) atoms. The third-order valence-corrected chi connectivity index (χ3v) is 2.79. The van der Waals surface area contributed by atoms with Crippen LogP contribution >= 0.6 is 0 Å². The highest BCUT2D eigenvalue weighted by Crippen LogP contribution is 2.21. The number of alkyl halides is 3. The maximum Gasteiger partial charge on any atom is 0.416 e. The van der Waals surface area contributed by atoms with Gasteiger partial charge in [-0.15, -0.1) is 0 Å². The summed E-state index contributed by atoms with van der Waals surface area (Å²) in [4.78, 5) is 16.1. The van der Waals surface area contributed by atoms with Crippen LogP contribution in [0, 0.1) is 6.92 Å². The van der Waals surface area contributed by atoms with Gasteiger partial charge in [-0.25, -0.2) is 4.98 Å². The minimum absolute atomic E-state index is 0.131. The molecule has 1 aromatic carbocycles. The first-order valence-electron chi connectivity index (χ1n) is 5.51. The van der Waals surface area contributed by atoms with Gasteiger partial charge in [-0.05, 0) is 19.1 Å². The summed E-state index contributed by atoms with van der Waals surface area (Å²) in [5, 5.41) is 9.27. The number of hydrogen-bond donors (Lipinski definition) is 1. The zero-order valence-corrected chi connectivity index (χ0v) is 9.98. The van der Waals surface area contributed by atoms with Crippen LogP contribution < -0.4 is 5.56 Å². The van der Waals surface area contributed by atoms with E-state index in [2.05, 4.69) is 4.98 Å². The van der Waals surface area contributed by atoms with E-state index in [-0.39, 0.29) is 11.2 Å². The minimum atomic E-state index is -4.77. The Morgan fingerprint density at radius 2 is 2.00 bits per heavy atom. The average molecular weight is 272 g/mol. The summed E-state index contributed by atoms with van der Waals surface area (Å²) in [5.41, 5.74) is -0.172. The summed E-state index contributed by atoms with van der Waals surface area (Å²) >= 11 is 0. The molecule has 0 radical (unpaired) electrons. The second-order valence-corrected chi connectivity index (χ2v) is 4.15. The van der Waals surface area contributed by atoms with Gasteiger partial charge >= 0.3 is 6.18 Å². The third-order valence-electron chi connectivity index (χ3n) is 2.79. The maximum absolute atomic E-state index is 12.3. The Hall–Kier alpha value is -1.89. The first-order valence-corrected chi connectivity index (χ1v) is 5.51. The molecule has 1 aromatic heterocycles. The number of aryl methyl sites for hydroxylation is 1. The first kappa shape index (κ1) is 13.5. The molecule has 1 N–H and O–H groups in total. The summed E-state index contributed by atoms with van der Waals surface area (Å²) < 4.78 is 37.8. The Morgan fingerprint density at radius 3 is 2.63 bits per heavy atom. The number of hydrogen-bond acceptors (Lipinski definition) is 3. The van der Waals surface area contributed by atoms with Gasteiger partial charge in [-0.3, -0.25) is 9.36 Å². The second kappa shape index (κ2) is 4.65. The van der Waals surface area contributed by atoms with Gasteiger partial charge in [0.05, 0.1) is 17.4 Å². The van der Waals surface area contributed by atoms with Crippen LogP contribution in [0.2, 0.25) is 0 Å². The van der Waals surface area contributed by atoms with Gasteiger partial charge in [0, 0.05) is 0 Å². The molecular weight excluding hydrogens is 261 g/mol. The molecule has 7 heteroatoms. The molecule has 0 aliphatic carbocycles. The van der Waals surface area contributed by atoms with Crippen LogP contribution in [-0.4, -0.2) is 26.9 Å². The van der Waals surface area contributed by atoms with Gasteiger partial charge in [0.25, 0.3) is 5.56 Å². The van der Waals surface area contributed by atoms with Crippen molar-refractivity contribution in [2.45, 2.75) is 25.7 Å². The highest BCUT2D eigenvalue weighted by atomic mass is 19.4. The van der Waals surface area contributed by atoms with E-state index in [1.807, 2.05) is 0 Å². The lowest BCUT2D eigenvalue weighted by molar-refractivity contribution is -0.207. The Kier molecular flexibility index (Phi) is 3.32. The van der Waals surface area contributed by atoms with Crippen LogP contribution in [0.15, 0.2) is 29.1 Å². The van der Waals surface area contributed by atoms with E-state index in [4.69, 9.17) is 5.11 Å². The fraction of sp³-hybridized carbons (Fsp3) is 0.333. The van der Waals surface area contributed by atoms with Crippen molar-refractivity contribution >= 4 is 10.9 Å². The SMILES string of the molecule is Cc1nc2ccccc2c(=O)n1C[C@@H](O)C(F)(F)F. The zero-order valence-electron chi connectivity index (χ0n) is 9.98. The lowest BCUT2D eigenvalue weighted by Gasteiger charge is -2.17. The van der Waals surface area contributed by atoms with Gasteiger partial charge in [0.1, 0.15) is 5.82 Å². The van der Waals surface area contributed by atoms with Crippen LogP contribution in [0.4, 0.5) is 13.2 Å². The Balaban J connectivity index is 2.53. The topological polar surface area (TPSA) is 55.1 Å². The number of nitrogens with zero attached hydrogens (tertiary/aromatic N) is 2. The number of aliphatic hydroxyl groups is 1. The van der Waals surface area contributed by atoms with Crippen molar-refractivity contribution in [3.05, 3.63) is 40.4 Å². The number of para-hydroxylation sites is 1. The van der Waals surface area contributed by atoms with Crippen LogP contribution in [-0.2, 0) is 6.54 Å². The van der Waals surface area contributed by atoms with Crippen LogP contribution in [0.5, 0.6) is 0 Å². The van der Waals surface area contributed by atoms with Crippen LogP contribution in [0.3, 0.4) is 0 Å². The number of aliphatic hydroxyl groups excluding tert-OH is 1. The third kappa shape index (κ3) is 2.60. The summed E-state index contributed by atoms with van der Waals surface area (Å²) in [6.07, 6.45) is -7.36. The fourth-order valence-corrected chi connectivity index (χ4v) is 1.77. The van der Waals surface area contributed by atoms with Gasteiger partial charge in [-0.1, -0.05) is 12.1 Å². The standard InChI is InChI=1S/C12H11F3N2O2/c1-7-16-9-5-3-2-4-8(9)11(19)17(7)6-10(18)12(13,14)15/h2-5,10,18H,6H2,1H3/t10-/m1/s1. The molecule has 0 aliphatic heterocycles. The van der Waals surface area contributed by atoms with Crippen LogP contribution in [0.25, 0.3) is 10.9 Å². The summed E-state index contributed by atoms with van der Waals surface area (Å²) in [5.74, 6) is 0.131. The number of halogens is 3. The van der Waals surface area contributed by atoms with Crippen molar-refractivity contribution in [2.75, 3.05) is 0 Å². The van der Waals surface area contributed by atoms with E-state index in [0.717, 1.165) is 4.57 Å². The van der Waals surface area contributed by atoms with E-state index in [1.165, 1.54) is 13.0 Å². The number of rotatable bonds is 2. The normalized spacial score (nSPS) is 13.7. The van der Waals surface area contributed by atoms with Crippen molar-refractivity contribution in [3.63, 3.8) is 0 Å². The Morgan fingerprint density at radius 1 is 1.37 bits per heavy atom. The molecule has 4 nitrogen and oxygen atoms in total. The van der Waals surface area contributed by atoms with Gasteiger partial charge in [0.15, 0.2) is 6.10 Å². The highest BCUT2D eigenvalue weighted by molar-refractivity contribution is 5.77. The monoisotopic (exact) mass is 272 g/mol. The van der Waals surface area contributed by atoms with Gasteiger partial charge in [-0.2, -0.15) is 13.2 Å². The molecule has 0 unspecified atom stereocenters. The minimum Gasteiger partial charge on any atom is -0.382 e. The van der Waals surface area contributed by atoms with Crippen LogP contribution in [0.1, 0.15) is 5.82 Å². The number of fused-ring (bicyclic) bond motifs is 1. The highest BCUT2D eigenvalue weighted by Gasteiger charge is 2.38. The molecule has 0 saturated carbocycles. The number of benzene rings is 1. The lowest BCUT2D eigenvalue weighted by atomic mass is 10.2. The molecule has 0 aliphatic rings. The van der Waals surface area contributed by atoms with Gasteiger partial charge in [0.2, 0.25) is 0 Å². The predicted molar refractivity (Wildman–Crippen MR) is 62.8 cm³/mol. The molecule has 0 saturated heterocycles. The van der Waals surface area contributed by atoms with Crippen molar-refractivity contribution in [1.82, 2.24) is 9.55 Å². The molecule has 102 valence electrons. The van der Waals surface area contributed by atoms with Crippen molar-refractivity contribution in [2.24, 2.45) is 0 Å². The molecular formula is C12H11F3N2O2. The fourth-order valence-electron chi connectivity index (χ4n) is 1.77. The molecule has 2 rings (SSSR count). The Labute approximate surface area is 106 Å². The quantitative estimate of drug-likeness (QED) is 0.904. The molecule has 2 aromatic rings. The summed E-state index contributed by atoms with van der Waals surface area (Å²) in [6.45, 7) is 0.572.